The molecule has 1 heterocycles. The van der Waals surface area contributed by atoms with Crippen molar-refractivity contribution in [3.05, 3.63) is 24.0 Å². The van der Waals surface area contributed by atoms with Gasteiger partial charge in [-0.1, -0.05) is 0 Å². The van der Waals surface area contributed by atoms with E-state index in [1.807, 2.05) is 0 Å². The van der Waals surface area contributed by atoms with Gasteiger partial charge in [0.15, 0.2) is 11.1 Å². The lowest BCUT2D eigenvalue weighted by atomic mass is 10.4. The van der Waals surface area contributed by atoms with Crippen LogP contribution in [0.1, 0.15) is 5.69 Å². The minimum Gasteiger partial charge on any atom is -0.302 e. The molecule has 1 N–H and O–H groups in total. The molecule has 0 amide bonds. The Balaban J connectivity index is 3.03. The Bertz CT molecular complexity index is 314. The van der Waals surface area contributed by atoms with E-state index in [1.54, 1.807) is 6.07 Å². The fraction of sp³-hybridized carbons (Fsp3) is 0. The van der Waals surface area contributed by atoms with E-state index in [0.717, 1.165) is 0 Å². The van der Waals surface area contributed by atoms with Crippen LogP contribution < -0.4 is 0 Å². The van der Waals surface area contributed by atoms with Gasteiger partial charge in [-0.05, 0) is 12.1 Å². The van der Waals surface area contributed by atoms with Crippen LogP contribution in [0.15, 0.2) is 23.2 Å². The summed E-state index contributed by atoms with van der Waals surface area (Å²) in [6, 6.07) is 4.58. The number of aromatic nitrogens is 1. The van der Waals surface area contributed by atoms with Gasteiger partial charge in [-0.2, -0.15) is 5.26 Å². The summed E-state index contributed by atoms with van der Waals surface area (Å²) in [5, 5.41) is 8.32. The van der Waals surface area contributed by atoms with Crippen LogP contribution in [0.5, 0.6) is 0 Å². The minimum absolute atomic E-state index is 0.198. The first-order valence-corrected chi connectivity index (χ1v) is 3.81. The quantitative estimate of drug-likeness (QED) is 0.621. The lowest BCUT2D eigenvalue weighted by molar-refractivity contribution is 0.564. The van der Waals surface area contributed by atoms with Crippen LogP contribution in [0.25, 0.3) is 0 Å². The molecular weight excluding hydrogens is 164 g/mol. The maximum atomic E-state index is 10.4. The minimum atomic E-state index is -2.01. The molecule has 0 fully saturated rings. The standard InChI is InChI=1S/C6H4N2O2S/c7-3-5-1-2-6(4-8-5)11(9)10/h1-2,4H,(H,9,10). The summed E-state index contributed by atoms with van der Waals surface area (Å²) in [4.78, 5) is 3.80. The molecule has 0 saturated carbocycles. The fourth-order valence-electron chi connectivity index (χ4n) is 0.550. The van der Waals surface area contributed by atoms with Crippen LogP contribution >= 0.6 is 0 Å². The normalized spacial score (nSPS) is 12.0. The fourth-order valence-corrected chi connectivity index (χ4v) is 0.877. The van der Waals surface area contributed by atoms with E-state index in [4.69, 9.17) is 9.81 Å². The predicted molar refractivity (Wildman–Crippen MR) is 38.0 cm³/mol. The van der Waals surface area contributed by atoms with Crippen molar-refractivity contribution in [3.63, 3.8) is 0 Å². The molecule has 1 rings (SSSR count). The smallest absolute Gasteiger partial charge is 0.188 e. The molecule has 0 radical (unpaired) electrons. The van der Waals surface area contributed by atoms with Crippen molar-refractivity contribution in [2.45, 2.75) is 4.90 Å². The van der Waals surface area contributed by atoms with Gasteiger partial charge >= 0.3 is 0 Å². The largest absolute Gasteiger partial charge is 0.302 e. The maximum Gasteiger partial charge on any atom is 0.188 e. The van der Waals surface area contributed by atoms with E-state index >= 15 is 0 Å². The second kappa shape index (κ2) is 3.23. The molecule has 1 aromatic heterocycles. The third kappa shape index (κ3) is 1.83. The predicted octanol–water partition coefficient (Wildman–Crippen LogP) is 0.534. The number of hydrogen-bond donors (Lipinski definition) is 1. The van der Waals surface area contributed by atoms with Gasteiger partial charge in [0, 0.05) is 6.20 Å². The summed E-state index contributed by atoms with van der Waals surface area (Å²) >= 11 is -2.01. The van der Waals surface area contributed by atoms with Crippen molar-refractivity contribution < 1.29 is 8.76 Å². The second-order valence-electron chi connectivity index (χ2n) is 1.74. The molecule has 1 atom stereocenters. The Kier molecular flexibility index (Phi) is 2.31. The van der Waals surface area contributed by atoms with Crippen molar-refractivity contribution in [2.24, 2.45) is 0 Å². The molecule has 0 aliphatic heterocycles. The second-order valence-corrected chi connectivity index (χ2v) is 2.71. The Morgan fingerprint density at radius 3 is 2.73 bits per heavy atom. The monoisotopic (exact) mass is 168 g/mol. The Morgan fingerprint density at radius 2 is 2.36 bits per heavy atom. The highest BCUT2D eigenvalue weighted by Gasteiger charge is 1.98. The van der Waals surface area contributed by atoms with Crippen LogP contribution in [0.4, 0.5) is 0 Å². The van der Waals surface area contributed by atoms with Crippen molar-refractivity contribution in [3.8, 4) is 6.07 Å². The lowest BCUT2D eigenvalue weighted by Crippen LogP contribution is -1.90. The molecule has 56 valence electrons. The van der Waals surface area contributed by atoms with Crippen LogP contribution in [-0.4, -0.2) is 13.7 Å². The third-order valence-electron chi connectivity index (χ3n) is 1.05. The number of rotatable bonds is 1. The summed E-state index contributed by atoms with van der Waals surface area (Å²) in [5.74, 6) is 0. The zero-order chi connectivity index (χ0) is 8.27. The number of hydrogen-bond acceptors (Lipinski definition) is 3. The van der Waals surface area contributed by atoms with Crippen molar-refractivity contribution >= 4 is 11.1 Å². The third-order valence-corrected chi connectivity index (χ3v) is 1.70. The summed E-state index contributed by atoms with van der Waals surface area (Å²) in [6.45, 7) is 0. The molecule has 0 spiro atoms. The van der Waals surface area contributed by atoms with Gasteiger partial charge in [0.1, 0.15) is 11.8 Å². The highest BCUT2D eigenvalue weighted by Crippen LogP contribution is 2.02. The first kappa shape index (κ1) is 7.85. The van der Waals surface area contributed by atoms with E-state index in [0.29, 0.717) is 0 Å². The van der Waals surface area contributed by atoms with Gasteiger partial charge in [-0.15, -0.1) is 0 Å². The van der Waals surface area contributed by atoms with Crippen LogP contribution in [0.3, 0.4) is 0 Å². The zero-order valence-corrected chi connectivity index (χ0v) is 6.21. The molecule has 0 aliphatic rings. The average Bonchev–Trinajstić information content (AvgIpc) is 2.05. The molecule has 4 nitrogen and oxygen atoms in total. The van der Waals surface area contributed by atoms with E-state index in [1.165, 1.54) is 18.3 Å². The molecule has 1 unspecified atom stereocenters. The number of nitriles is 1. The topological polar surface area (TPSA) is 74.0 Å². The molecule has 0 aliphatic carbocycles. The summed E-state index contributed by atoms with van der Waals surface area (Å²) in [6.07, 6.45) is 1.20. The molecule has 0 aromatic carbocycles. The Morgan fingerprint density at radius 1 is 1.64 bits per heavy atom. The first-order chi connectivity index (χ1) is 5.24. The molecule has 1 aromatic rings. The SMILES string of the molecule is N#Cc1ccc(S(=O)O)cn1. The molecule has 0 bridgehead atoms. The lowest BCUT2D eigenvalue weighted by Gasteiger charge is -1.91. The van der Waals surface area contributed by atoms with Gasteiger partial charge in [0.05, 0.1) is 4.90 Å². The van der Waals surface area contributed by atoms with Crippen molar-refractivity contribution in [1.29, 1.82) is 5.26 Å². The summed E-state index contributed by atoms with van der Waals surface area (Å²) in [5.41, 5.74) is 0.235. The highest BCUT2D eigenvalue weighted by atomic mass is 32.2. The first-order valence-electron chi connectivity index (χ1n) is 2.71. The van der Waals surface area contributed by atoms with Crippen molar-refractivity contribution in [2.75, 3.05) is 0 Å². The van der Waals surface area contributed by atoms with E-state index < -0.39 is 11.1 Å². The zero-order valence-electron chi connectivity index (χ0n) is 5.39. The molecule has 11 heavy (non-hydrogen) atoms. The van der Waals surface area contributed by atoms with Gasteiger partial charge in [-0.25, -0.2) is 9.19 Å². The van der Waals surface area contributed by atoms with E-state index in [9.17, 15) is 4.21 Å². The van der Waals surface area contributed by atoms with Gasteiger partial charge in [0.2, 0.25) is 0 Å². The van der Waals surface area contributed by atoms with E-state index in [-0.39, 0.29) is 10.6 Å². The summed E-state index contributed by atoms with van der Waals surface area (Å²) in [7, 11) is 0. The van der Waals surface area contributed by atoms with Crippen LogP contribution in [-0.2, 0) is 11.1 Å². The Hall–Kier alpha value is -1.25. The van der Waals surface area contributed by atoms with Gasteiger partial charge < -0.3 is 4.55 Å². The van der Waals surface area contributed by atoms with Crippen LogP contribution in [0, 0.1) is 11.3 Å². The average molecular weight is 168 g/mol. The van der Waals surface area contributed by atoms with Crippen molar-refractivity contribution in [1.82, 2.24) is 4.98 Å². The van der Waals surface area contributed by atoms with E-state index in [2.05, 4.69) is 4.98 Å². The molecular formula is C6H4N2O2S. The number of pyridine rings is 1. The highest BCUT2D eigenvalue weighted by molar-refractivity contribution is 7.79. The van der Waals surface area contributed by atoms with Gasteiger partial charge in [-0.3, -0.25) is 0 Å². The van der Waals surface area contributed by atoms with Crippen LogP contribution in [0.2, 0.25) is 0 Å². The van der Waals surface area contributed by atoms with Gasteiger partial charge in [0.25, 0.3) is 0 Å². The molecule has 0 saturated heterocycles. The molecule has 5 heteroatoms. The summed E-state index contributed by atoms with van der Waals surface area (Å²) < 4.78 is 18.9. The maximum absolute atomic E-state index is 10.4. The Labute approximate surface area is 65.8 Å². The number of nitrogens with zero attached hydrogens (tertiary/aromatic N) is 2.